The van der Waals surface area contributed by atoms with Gasteiger partial charge in [0.15, 0.2) is 0 Å². The lowest BCUT2D eigenvalue weighted by Crippen LogP contribution is -2.09. The van der Waals surface area contributed by atoms with Gasteiger partial charge >= 0.3 is 0 Å². The Balaban J connectivity index is 0.985. The van der Waals surface area contributed by atoms with Gasteiger partial charge < -0.3 is 4.90 Å². The van der Waals surface area contributed by atoms with E-state index in [2.05, 4.69) is 199 Å². The Morgan fingerprint density at radius 3 is 1.57 bits per heavy atom. The van der Waals surface area contributed by atoms with Crippen LogP contribution in [0.5, 0.6) is 0 Å². The van der Waals surface area contributed by atoms with E-state index in [4.69, 9.17) is 4.98 Å². The molecule has 0 spiro atoms. The van der Waals surface area contributed by atoms with Gasteiger partial charge in [0.2, 0.25) is 0 Å². The fraction of sp³-hybridized carbons (Fsp3) is 0. The molecule has 0 radical (unpaired) electrons. The molecule has 0 N–H and O–H groups in total. The summed E-state index contributed by atoms with van der Waals surface area (Å²) >= 11 is 3.65. The van der Waals surface area contributed by atoms with Crippen LogP contribution in [-0.2, 0) is 0 Å². The summed E-state index contributed by atoms with van der Waals surface area (Å²) < 4.78 is 3.86. The van der Waals surface area contributed by atoms with Gasteiger partial charge in [0.05, 0.1) is 10.2 Å². The maximum Gasteiger partial charge on any atom is 0.124 e. The van der Waals surface area contributed by atoms with Crippen LogP contribution in [0, 0.1) is 0 Å². The lowest BCUT2D eigenvalue weighted by Gasteiger charge is -2.26. The highest BCUT2D eigenvalue weighted by Crippen LogP contribution is 2.44. The Morgan fingerprint density at radius 1 is 0.377 bits per heavy atom. The largest absolute Gasteiger partial charge is 0.311 e. The Kier molecular flexibility index (Phi) is 7.90. The molecule has 53 heavy (non-hydrogen) atoms. The van der Waals surface area contributed by atoms with Crippen molar-refractivity contribution >= 4 is 70.1 Å². The van der Waals surface area contributed by atoms with Crippen LogP contribution in [0.4, 0.5) is 17.1 Å². The van der Waals surface area contributed by atoms with Gasteiger partial charge in [-0.05, 0) is 88.0 Å². The van der Waals surface area contributed by atoms with Crippen molar-refractivity contribution in [3.05, 3.63) is 194 Å². The van der Waals surface area contributed by atoms with Gasteiger partial charge in [-0.15, -0.1) is 22.7 Å². The molecule has 0 saturated carbocycles. The summed E-state index contributed by atoms with van der Waals surface area (Å²) in [6.07, 6.45) is 0. The lowest BCUT2D eigenvalue weighted by molar-refractivity contribution is 1.28. The average molecular weight is 713 g/mol. The molecule has 10 aromatic rings. The minimum absolute atomic E-state index is 1.07. The third-order valence-electron chi connectivity index (χ3n) is 9.93. The number of hydrogen-bond donors (Lipinski definition) is 0. The van der Waals surface area contributed by atoms with Crippen LogP contribution in [0.25, 0.3) is 74.3 Å². The first-order chi connectivity index (χ1) is 26.3. The van der Waals surface area contributed by atoms with Crippen LogP contribution in [0.1, 0.15) is 0 Å². The molecule has 0 aliphatic rings. The third kappa shape index (κ3) is 5.79. The smallest absolute Gasteiger partial charge is 0.124 e. The molecular formula is C49H32N2S2. The van der Waals surface area contributed by atoms with Gasteiger partial charge in [-0.1, -0.05) is 140 Å². The van der Waals surface area contributed by atoms with E-state index in [0.717, 1.165) is 27.6 Å². The molecule has 2 nitrogen and oxygen atoms in total. The zero-order chi connectivity index (χ0) is 35.1. The molecule has 0 saturated heterocycles. The van der Waals surface area contributed by atoms with Crippen LogP contribution < -0.4 is 4.90 Å². The quantitative estimate of drug-likeness (QED) is 0.164. The monoisotopic (exact) mass is 712 g/mol. The molecule has 0 aliphatic carbocycles. The Hall–Kier alpha value is -6.33. The SMILES string of the molecule is c1ccc(-c2nc3ccc4sc5cc(-c6ccc(N(c7ccccc7)c7ccc(-c8ccccc8-c8ccccc8)cc7)cc6)ccc5c4c3s2)cc1. The number of hydrogen-bond acceptors (Lipinski definition) is 4. The van der Waals surface area contributed by atoms with Crippen molar-refractivity contribution in [2.75, 3.05) is 4.90 Å². The van der Waals surface area contributed by atoms with E-state index in [1.54, 1.807) is 11.3 Å². The minimum Gasteiger partial charge on any atom is -0.311 e. The molecule has 0 bridgehead atoms. The number of thiazole rings is 1. The van der Waals surface area contributed by atoms with Crippen molar-refractivity contribution in [2.24, 2.45) is 0 Å². The van der Waals surface area contributed by atoms with E-state index >= 15 is 0 Å². The Morgan fingerprint density at radius 2 is 0.906 bits per heavy atom. The van der Waals surface area contributed by atoms with Gasteiger partial charge in [-0.25, -0.2) is 4.98 Å². The second kappa shape index (κ2) is 13.3. The maximum absolute atomic E-state index is 5.00. The van der Waals surface area contributed by atoms with E-state index in [9.17, 15) is 0 Å². The first kappa shape index (κ1) is 31.4. The summed E-state index contributed by atoms with van der Waals surface area (Å²) in [4.78, 5) is 7.33. The standard InChI is InChI=1S/C49H32N2S2/c1-4-12-34(13-5-1)41-18-10-11-19-42(41)35-22-27-40(28-23-35)51(38-16-8-3-9-17-38)39-25-20-33(21-26-39)37-24-29-43-46(32-37)52-45-31-30-44-48(47(43)45)53-49(50-44)36-14-6-2-7-15-36/h1-32H. The van der Waals surface area contributed by atoms with E-state index in [1.807, 2.05) is 11.3 Å². The van der Waals surface area contributed by atoms with Crippen LogP contribution in [-0.4, -0.2) is 4.98 Å². The number of anilines is 3. The molecule has 0 fully saturated rings. The molecule has 4 heteroatoms. The number of nitrogens with zero attached hydrogens (tertiary/aromatic N) is 2. The van der Waals surface area contributed by atoms with Crippen molar-refractivity contribution in [3.8, 4) is 44.0 Å². The second-order valence-electron chi connectivity index (χ2n) is 13.2. The predicted molar refractivity (Wildman–Crippen MR) is 229 cm³/mol. The highest BCUT2D eigenvalue weighted by molar-refractivity contribution is 7.28. The van der Waals surface area contributed by atoms with Gasteiger partial charge in [0.1, 0.15) is 5.01 Å². The molecule has 0 unspecified atom stereocenters. The number of para-hydroxylation sites is 1. The molecule has 0 atom stereocenters. The van der Waals surface area contributed by atoms with E-state index in [1.165, 1.54) is 63.8 Å². The van der Waals surface area contributed by atoms with Crippen molar-refractivity contribution in [1.82, 2.24) is 4.98 Å². The van der Waals surface area contributed by atoms with Crippen LogP contribution in [0.15, 0.2) is 194 Å². The molecule has 2 heterocycles. The molecular weight excluding hydrogens is 681 g/mol. The molecule has 250 valence electrons. The van der Waals surface area contributed by atoms with Crippen molar-refractivity contribution in [1.29, 1.82) is 0 Å². The number of fused-ring (bicyclic) bond motifs is 5. The van der Waals surface area contributed by atoms with Gasteiger partial charge in [0, 0.05) is 42.8 Å². The van der Waals surface area contributed by atoms with Crippen molar-refractivity contribution in [2.45, 2.75) is 0 Å². The molecule has 8 aromatic carbocycles. The lowest BCUT2D eigenvalue weighted by atomic mass is 9.94. The van der Waals surface area contributed by atoms with E-state index in [-0.39, 0.29) is 0 Å². The first-order valence-electron chi connectivity index (χ1n) is 17.8. The number of rotatable bonds is 7. The summed E-state index contributed by atoms with van der Waals surface area (Å²) in [5, 5.41) is 3.68. The first-order valence-corrected chi connectivity index (χ1v) is 19.4. The average Bonchev–Trinajstić information content (AvgIpc) is 3.84. The number of benzene rings is 8. The molecule has 2 aromatic heterocycles. The van der Waals surface area contributed by atoms with Crippen molar-refractivity contribution < 1.29 is 0 Å². The summed E-state index contributed by atoms with van der Waals surface area (Å²) in [5.41, 5.74) is 12.9. The van der Waals surface area contributed by atoms with E-state index in [0.29, 0.717) is 0 Å². The highest BCUT2D eigenvalue weighted by Gasteiger charge is 2.16. The Bertz CT molecular complexity index is 2860. The second-order valence-corrected chi connectivity index (χ2v) is 15.2. The maximum atomic E-state index is 5.00. The molecule has 0 amide bonds. The summed E-state index contributed by atoms with van der Waals surface area (Å²) in [6.45, 7) is 0. The van der Waals surface area contributed by atoms with Gasteiger partial charge in [-0.2, -0.15) is 0 Å². The van der Waals surface area contributed by atoms with Crippen LogP contribution in [0.3, 0.4) is 0 Å². The number of aromatic nitrogens is 1. The normalized spacial score (nSPS) is 11.4. The van der Waals surface area contributed by atoms with E-state index < -0.39 is 0 Å². The number of thiophene rings is 1. The fourth-order valence-electron chi connectivity index (χ4n) is 7.35. The Labute approximate surface area is 316 Å². The van der Waals surface area contributed by atoms with Crippen molar-refractivity contribution in [3.63, 3.8) is 0 Å². The summed E-state index contributed by atoms with van der Waals surface area (Å²) in [7, 11) is 0. The van der Waals surface area contributed by atoms with Crippen LogP contribution in [0.2, 0.25) is 0 Å². The molecule has 10 rings (SSSR count). The van der Waals surface area contributed by atoms with Gasteiger partial charge in [-0.3, -0.25) is 0 Å². The topological polar surface area (TPSA) is 16.1 Å². The molecule has 0 aliphatic heterocycles. The third-order valence-corrected chi connectivity index (χ3v) is 12.2. The minimum atomic E-state index is 1.07. The summed E-state index contributed by atoms with van der Waals surface area (Å²) in [5.74, 6) is 0. The highest BCUT2D eigenvalue weighted by atomic mass is 32.1. The van der Waals surface area contributed by atoms with Crippen LogP contribution >= 0.6 is 22.7 Å². The zero-order valence-corrected chi connectivity index (χ0v) is 30.3. The fourth-order valence-corrected chi connectivity index (χ4v) is 9.70. The van der Waals surface area contributed by atoms with Gasteiger partial charge in [0.25, 0.3) is 0 Å². The summed E-state index contributed by atoms with van der Waals surface area (Å²) in [6, 6.07) is 69.6. The predicted octanol–water partition coefficient (Wildman–Crippen LogP) is 14.8. The zero-order valence-electron chi connectivity index (χ0n) is 28.7.